The second kappa shape index (κ2) is 7.06. The molecule has 1 rings (SSSR count). The van der Waals surface area contributed by atoms with Gasteiger partial charge in [-0.2, -0.15) is 0 Å². The molecule has 0 radical (unpaired) electrons. The van der Waals surface area contributed by atoms with Gasteiger partial charge in [0.25, 0.3) is 5.91 Å². The maximum atomic E-state index is 12.7. The molecule has 0 aliphatic heterocycles. The molecule has 21 heavy (non-hydrogen) atoms. The van der Waals surface area contributed by atoms with E-state index in [4.69, 9.17) is 9.47 Å². The first-order valence-electron chi connectivity index (χ1n) is 6.57. The molecule has 0 aromatic heterocycles. The van der Waals surface area contributed by atoms with Crippen molar-refractivity contribution in [2.45, 2.75) is 39.3 Å². The molecule has 0 bridgehead atoms. The van der Waals surface area contributed by atoms with E-state index in [0.29, 0.717) is 5.75 Å². The number of hydrogen-bond donors (Lipinski definition) is 1. The van der Waals surface area contributed by atoms with Crippen LogP contribution < -0.4 is 10.1 Å². The summed E-state index contributed by atoms with van der Waals surface area (Å²) in [6.07, 6.45) is -0.909. The van der Waals surface area contributed by atoms with E-state index in [0.717, 1.165) is 0 Å². The number of hydrogen-bond acceptors (Lipinski definition) is 4. The second-order valence-corrected chi connectivity index (χ2v) is 5.61. The van der Waals surface area contributed by atoms with Gasteiger partial charge in [-0.1, -0.05) is 0 Å². The highest BCUT2D eigenvalue weighted by Crippen LogP contribution is 2.11. The minimum absolute atomic E-state index is 0.347. The first-order valence-corrected chi connectivity index (χ1v) is 6.57. The topological polar surface area (TPSA) is 64.6 Å². The number of esters is 1. The molecular weight excluding hydrogens is 277 g/mol. The van der Waals surface area contributed by atoms with Crippen molar-refractivity contribution in [1.82, 2.24) is 5.32 Å². The first kappa shape index (κ1) is 16.9. The van der Waals surface area contributed by atoms with Crippen LogP contribution in [-0.2, 0) is 14.3 Å². The Kier molecular flexibility index (Phi) is 5.69. The number of halogens is 1. The van der Waals surface area contributed by atoms with Crippen LogP contribution in [0.2, 0.25) is 0 Å². The molecule has 116 valence electrons. The molecule has 0 heterocycles. The van der Waals surface area contributed by atoms with Crippen molar-refractivity contribution >= 4 is 11.9 Å². The Balaban J connectivity index is 2.39. The monoisotopic (exact) mass is 297 g/mol. The molecule has 0 saturated carbocycles. The van der Waals surface area contributed by atoms with E-state index in [1.54, 1.807) is 0 Å². The lowest BCUT2D eigenvalue weighted by Crippen LogP contribution is -2.46. The zero-order chi connectivity index (χ0) is 16.0. The van der Waals surface area contributed by atoms with E-state index in [1.807, 2.05) is 20.8 Å². The normalized spacial score (nSPS) is 12.4. The van der Waals surface area contributed by atoms with Crippen LogP contribution in [-0.4, -0.2) is 30.1 Å². The van der Waals surface area contributed by atoms with Gasteiger partial charge in [-0.3, -0.25) is 4.79 Å². The van der Waals surface area contributed by atoms with Gasteiger partial charge in [0.2, 0.25) is 0 Å². The SMILES string of the molecule is C[C@@H](OC(=O)COc1ccc(F)cc1)C(=O)NC(C)(C)C. The lowest BCUT2D eigenvalue weighted by atomic mass is 10.1. The number of carbonyl (C=O) groups is 2. The van der Waals surface area contributed by atoms with E-state index >= 15 is 0 Å². The van der Waals surface area contributed by atoms with Crippen molar-refractivity contribution in [3.05, 3.63) is 30.1 Å². The number of benzene rings is 1. The second-order valence-electron chi connectivity index (χ2n) is 5.61. The summed E-state index contributed by atoms with van der Waals surface area (Å²) in [5.41, 5.74) is -0.400. The van der Waals surface area contributed by atoms with E-state index in [9.17, 15) is 14.0 Å². The summed E-state index contributed by atoms with van der Waals surface area (Å²) in [5.74, 6) is -1.09. The van der Waals surface area contributed by atoms with Crippen molar-refractivity contribution in [2.24, 2.45) is 0 Å². The lowest BCUT2D eigenvalue weighted by molar-refractivity contribution is -0.157. The van der Waals surface area contributed by atoms with Gasteiger partial charge in [0.15, 0.2) is 12.7 Å². The molecule has 1 atom stereocenters. The molecule has 0 saturated heterocycles. The van der Waals surface area contributed by atoms with Crippen LogP contribution in [0.25, 0.3) is 0 Å². The molecule has 1 N–H and O–H groups in total. The molecule has 5 nitrogen and oxygen atoms in total. The van der Waals surface area contributed by atoms with Gasteiger partial charge in [0, 0.05) is 5.54 Å². The zero-order valence-electron chi connectivity index (χ0n) is 12.6. The predicted octanol–water partition coefficient (Wildman–Crippen LogP) is 2.05. The van der Waals surface area contributed by atoms with E-state index in [1.165, 1.54) is 31.2 Å². The van der Waals surface area contributed by atoms with Crippen LogP contribution in [0.1, 0.15) is 27.7 Å². The summed E-state index contributed by atoms with van der Waals surface area (Å²) in [5, 5.41) is 2.71. The lowest BCUT2D eigenvalue weighted by Gasteiger charge is -2.23. The van der Waals surface area contributed by atoms with Crippen LogP contribution in [0.5, 0.6) is 5.75 Å². The molecule has 0 aliphatic carbocycles. The van der Waals surface area contributed by atoms with Crippen molar-refractivity contribution in [3.8, 4) is 5.75 Å². The van der Waals surface area contributed by atoms with Gasteiger partial charge in [-0.15, -0.1) is 0 Å². The third-order valence-corrected chi connectivity index (χ3v) is 2.35. The summed E-state index contributed by atoms with van der Waals surface area (Å²) < 4.78 is 22.8. The molecule has 0 aliphatic rings. The maximum Gasteiger partial charge on any atom is 0.344 e. The number of ether oxygens (including phenoxy) is 2. The summed E-state index contributed by atoms with van der Waals surface area (Å²) in [7, 11) is 0. The van der Waals surface area contributed by atoms with Gasteiger partial charge in [-0.25, -0.2) is 9.18 Å². The highest BCUT2D eigenvalue weighted by atomic mass is 19.1. The third kappa shape index (κ3) is 6.74. The standard InChI is InChI=1S/C15H20FNO4/c1-10(14(19)17-15(2,3)4)21-13(18)9-20-12-7-5-11(16)6-8-12/h5-8,10H,9H2,1-4H3,(H,17,19)/t10-/m1/s1. The highest BCUT2D eigenvalue weighted by Gasteiger charge is 2.22. The number of carbonyl (C=O) groups excluding carboxylic acids is 2. The minimum Gasteiger partial charge on any atom is -0.482 e. The van der Waals surface area contributed by atoms with Crippen LogP contribution >= 0.6 is 0 Å². The van der Waals surface area contributed by atoms with Crippen LogP contribution in [0.3, 0.4) is 0 Å². The maximum absolute atomic E-state index is 12.7. The average molecular weight is 297 g/mol. The molecule has 1 aromatic rings. The Labute approximate surface area is 123 Å². The Bertz CT molecular complexity index is 493. The molecule has 6 heteroatoms. The van der Waals surface area contributed by atoms with Gasteiger partial charge in [0.05, 0.1) is 0 Å². The molecule has 1 amide bonds. The predicted molar refractivity (Wildman–Crippen MR) is 75.3 cm³/mol. The fourth-order valence-corrected chi connectivity index (χ4v) is 1.43. The van der Waals surface area contributed by atoms with Crippen molar-refractivity contribution in [3.63, 3.8) is 0 Å². The summed E-state index contributed by atoms with van der Waals surface area (Å²) in [4.78, 5) is 23.3. The minimum atomic E-state index is -0.909. The number of amides is 1. The van der Waals surface area contributed by atoms with Crippen LogP contribution in [0.4, 0.5) is 4.39 Å². The number of nitrogens with one attached hydrogen (secondary N) is 1. The average Bonchev–Trinajstić information content (AvgIpc) is 2.36. The van der Waals surface area contributed by atoms with E-state index in [2.05, 4.69) is 5.32 Å². The fourth-order valence-electron chi connectivity index (χ4n) is 1.43. The van der Waals surface area contributed by atoms with E-state index < -0.39 is 23.4 Å². The molecule has 0 spiro atoms. The van der Waals surface area contributed by atoms with Crippen molar-refractivity contribution < 1.29 is 23.5 Å². The smallest absolute Gasteiger partial charge is 0.344 e. The van der Waals surface area contributed by atoms with Gasteiger partial charge >= 0.3 is 5.97 Å². The van der Waals surface area contributed by atoms with Gasteiger partial charge in [0.1, 0.15) is 11.6 Å². The molecule has 1 aromatic carbocycles. The zero-order valence-corrected chi connectivity index (χ0v) is 12.6. The largest absolute Gasteiger partial charge is 0.482 e. The Morgan fingerprint density at radius 3 is 2.33 bits per heavy atom. The van der Waals surface area contributed by atoms with Crippen LogP contribution in [0.15, 0.2) is 24.3 Å². The molecule has 0 unspecified atom stereocenters. The van der Waals surface area contributed by atoms with Crippen molar-refractivity contribution in [2.75, 3.05) is 6.61 Å². The summed E-state index contributed by atoms with van der Waals surface area (Å²) in [6.45, 7) is 6.63. The quantitative estimate of drug-likeness (QED) is 0.845. The Morgan fingerprint density at radius 1 is 1.24 bits per heavy atom. The first-order chi connectivity index (χ1) is 9.67. The number of rotatable bonds is 5. The van der Waals surface area contributed by atoms with E-state index in [-0.39, 0.29) is 12.5 Å². The fraction of sp³-hybridized carbons (Fsp3) is 0.467. The Morgan fingerprint density at radius 2 is 1.81 bits per heavy atom. The van der Waals surface area contributed by atoms with Crippen LogP contribution in [0, 0.1) is 5.82 Å². The summed E-state index contributed by atoms with van der Waals surface area (Å²) in [6, 6.07) is 5.25. The van der Waals surface area contributed by atoms with Gasteiger partial charge < -0.3 is 14.8 Å². The highest BCUT2D eigenvalue weighted by molar-refractivity contribution is 5.84. The third-order valence-electron chi connectivity index (χ3n) is 2.35. The molecular formula is C15H20FNO4. The summed E-state index contributed by atoms with van der Waals surface area (Å²) >= 11 is 0. The van der Waals surface area contributed by atoms with Gasteiger partial charge in [-0.05, 0) is 52.0 Å². The van der Waals surface area contributed by atoms with Crippen molar-refractivity contribution in [1.29, 1.82) is 0 Å². The Hall–Kier alpha value is -2.11. The molecule has 0 fully saturated rings.